The molecule has 1 atom stereocenters. The van der Waals surface area contributed by atoms with Crippen molar-refractivity contribution in [1.29, 1.82) is 0 Å². The maximum Gasteiger partial charge on any atom is 0.236 e. The Kier molecular flexibility index (Phi) is 7.64. The van der Waals surface area contributed by atoms with Gasteiger partial charge in [-0.3, -0.25) is 14.5 Å². The largest absolute Gasteiger partial charge is 0.373 e. The molecule has 3 heterocycles. The topological polar surface area (TPSA) is 81.7 Å². The number of aromatic nitrogens is 2. The van der Waals surface area contributed by atoms with Crippen LogP contribution in [-0.2, 0) is 16.1 Å². The van der Waals surface area contributed by atoms with Gasteiger partial charge in [0.15, 0.2) is 0 Å². The van der Waals surface area contributed by atoms with Crippen molar-refractivity contribution in [3.63, 3.8) is 0 Å². The molecule has 30 heavy (non-hydrogen) atoms. The lowest BCUT2D eigenvalue weighted by molar-refractivity contribution is -0.134. The highest BCUT2D eigenvalue weighted by molar-refractivity contribution is 5.78. The number of carbonyl (C=O) groups is 2. The van der Waals surface area contributed by atoms with Gasteiger partial charge in [-0.25, -0.2) is 9.97 Å². The number of likely N-dealkylation sites (tertiary alicyclic amines) is 2. The number of hydrogen-bond acceptors (Lipinski definition) is 6. The van der Waals surface area contributed by atoms with Crippen molar-refractivity contribution in [2.24, 2.45) is 5.92 Å². The van der Waals surface area contributed by atoms with Gasteiger partial charge in [-0.1, -0.05) is 6.92 Å². The fourth-order valence-electron chi connectivity index (χ4n) is 4.32. The Morgan fingerprint density at radius 1 is 1.20 bits per heavy atom. The van der Waals surface area contributed by atoms with Crippen LogP contribution < -0.4 is 5.32 Å². The molecule has 2 aliphatic rings. The first-order valence-corrected chi connectivity index (χ1v) is 11.1. The molecule has 3 rings (SSSR count). The third-order valence-electron chi connectivity index (χ3n) is 6.31. The molecule has 2 saturated heterocycles. The maximum absolute atomic E-state index is 12.7. The van der Waals surface area contributed by atoms with Crippen molar-refractivity contribution >= 4 is 17.6 Å². The fourth-order valence-corrected chi connectivity index (χ4v) is 4.32. The van der Waals surface area contributed by atoms with E-state index in [9.17, 15) is 9.59 Å². The van der Waals surface area contributed by atoms with Crippen LogP contribution in [0.1, 0.15) is 57.0 Å². The molecule has 0 aliphatic carbocycles. The predicted molar refractivity (Wildman–Crippen MR) is 117 cm³/mol. The molecular formula is C22H36N6O2. The lowest BCUT2D eigenvalue weighted by Crippen LogP contribution is -2.46. The van der Waals surface area contributed by atoms with Gasteiger partial charge in [0.05, 0.1) is 18.8 Å². The van der Waals surface area contributed by atoms with Crippen LogP contribution in [0.4, 0.5) is 5.82 Å². The second-order valence-corrected chi connectivity index (χ2v) is 8.87. The van der Waals surface area contributed by atoms with Gasteiger partial charge in [0.25, 0.3) is 0 Å². The standard InChI is InChI=1S/C22H36N6O2/c1-16-6-5-9-28(13-16)21(30)15-27-10-7-18(8-11-27)22-24-19(12-20(23-3)25-22)14-26(4)17(2)29/h12,16,18H,5-11,13-15H2,1-4H3,(H,23,24,25)/t16-/m1/s1. The zero-order chi connectivity index (χ0) is 21.7. The van der Waals surface area contributed by atoms with E-state index in [1.54, 1.807) is 18.9 Å². The molecule has 0 spiro atoms. The third-order valence-corrected chi connectivity index (χ3v) is 6.31. The molecule has 1 N–H and O–H groups in total. The van der Waals surface area contributed by atoms with Crippen LogP contribution >= 0.6 is 0 Å². The van der Waals surface area contributed by atoms with E-state index in [4.69, 9.17) is 4.98 Å². The van der Waals surface area contributed by atoms with Gasteiger partial charge in [0, 0.05) is 46.1 Å². The average Bonchev–Trinajstić information content (AvgIpc) is 2.73. The molecule has 8 heteroatoms. The summed E-state index contributed by atoms with van der Waals surface area (Å²) in [6, 6.07) is 1.90. The minimum absolute atomic E-state index is 0.0160. The molecule has 0 bridgehead atoms. The molecule has 0 saturated carbocycles. The van der Waals surface area contributed by atoms with Gasteiger partial charge < -0.3 is 15.1 Å². The van der Waals surface area contributed by atoms with Gasteiger partial charge in [0.1, 0.15) is 11.6 Å². The molecule has 2 aliphatic heterocycles. The lowest BCUT2D eigenvalue weighted by atomic mass is 9.95. The molecule has 166 valence electrons. The van der Waals surface area contributed by atoms with Crippen molar-refractivity contribution in [2.45, 2.75) is 52.0 Å². The lowest BCUT2D eigenvalue weighted by Gasteiger charge is -2.35. The zero-order valence-electron chi connectivity index (χ0n) is 18.9. The molecule has 0 aromatic carbocycles. The first-order chi connectivity index (χ1) is 14.4. The summed E-state index contributed by atoms with van der Waals surface area (Å²) in [7, 11) is 3.63. The molecule has 0 radical (unpaired) electrons. The Morgan fingerprint density at radius 2 is 1.93 bits per heavy atom. The number of piperidine rings is 2. The number of anilines is 1. The Hall–Kier alpha value is -2.22. The average molecular weight is 417 g/mol. The van der Waals surface area contributed by atoms with E-state index in [0.717, 1.165) is 62.8 Å². The van der Waals surface area contributed by atoms with Crippen LogP contribution in [0, 0.1) is 5.92 Å². The van der Waals surface area contributed by atoms with E-state index in [1.165, 1.54) is 6.42 Å². The summed E-state index contributed by atoms with van der Waals surface area (Å²) in [5.74, 6) is 2.79. The summed E-state index contributed by atoms with van der Waals surface area (Å²) < 4.78 is 0. The molecular weight excluding hydrogens is 380 g/mol. The minimum Gasteiger partial charge on any atom is -0.373 e. The van der Waals surface area contributed by atoms with E-state index >= 15 is 0 Å². The molecule has 8 nitrogen and oxygen atoms in total. The number of nitrogens with one attached hydrogen (secondary N) is 1. The number of nitrogens with zero attached hydrogens (tertiary/aromatic N) is 5. The summed E-state index contributed by atoms with van der Waals surface area (Å²) in [4.78, 5) is 39.6. The van der Waals surface area contributed by atoms with Gasteiger partial charge >= 0.3 is 0 Å². The Labute approximate surface area is 180 Å². The van der Waals surface area contributed by atoms with E-state index in [2.05, 4.69) is 22.1 Å². The SMILES string of the molecule is CNc1cc(CN(C)C(C)=O)nc(C2CCN(CC(=O)N3CCC[C@@H](C)C3)CC2)n1. The van der Waals surface area contributed by atoms with Crippen molar-refractivity contribution in [1.82, 2.24) is 24.7 Å². The van der Waals surface area contributed by atoms with Crippen molar-refractivity contribution < 1.29 is 9.59 Å². The quantitative estimate of drug-likeness (QED) is 0.763. The normalized spacial score (nSPS) is 20.8. The van der Waals surface area contributed by atoms with E-state index in [0.29, 0.717) is 19.0 Å². The van der Waals surface area contributed by atoms with Crippen molar-refractivity contribution in [3.05, 3.63) is 17.6 Å². The Balaban J connectivity index is 1.57. The first kappa shape index (κ1) is 22.5. The van der Waals surface area contributed by atoms with Crippen LogP contribution in [0.25, 0.3) is 0 Å². The van der Waals surface area contributed by atoms with Crippen LogP contribution in [0.2, 0.25) is 0 Å². The second kappa shape index (κ2) is 10.2. The number of rotatable bonds is 6. The summed E-state index contributed by atoms with van der Waals surface area (Å²) in [5, 5.41) is 3.11. The molecule has 1 aromatic heterocycles. The molecule has 2 fully saturated rings. The van der Waals surface area contributed by atoms with Crippen LogP contribution in [-0.4, -0.2) is 83.3 Å². The Bertz CT molecular complexity index is 747. The van der Waals surface area contributed by atoms with Gasteiger partial charge in [-0.15, -0.1) is 0 Å². The second-order valence-electron chi connectivity index (χ2n) is 8.87. The number of amides is 2. The van der Waals surface area contributed by atoms with Crippen molar-refractivity contribution in [2.75, 3.05) is 52.1 Å². The summed E-state index contributed by atoms with van der Waals surface area (Å²) in [6.07, 6.45) is 4.23. The summed E-state index contributed by atoms with van der Waals surface area (Å²) in [5.41, 5.74) is 0.846. The zero-order valence-corrected chi connectivity index (χ0v) is 18.9. The Morgan fingerprint density at radius 3 is 2.57 bits per heavy atom. The summed E-state index contributed by atoms with van der Waals surface area (Å²) >= 11 is 0. The molecule has 2 amide bonds. The number of hydrogen-bond donors (Lipinski definition) is 1. The van der Waals surface area contributed by atoms with Crippen LogP contribution in [0.15, 0.2) is 6.07 Å². The van der Waals surface area contributed by atoms with E-state index in [1.807, 2.05) is 18.0 Å². The van der Waals surface area contributed by atoms with Crippen LogP contribution in [0.3, 0.4) is 0 Å². The first-order valence-electron chi connectivity index (χ1n) is 11.1. The maximum atomic E-state index is 12.7. The highest BCUT2D eigenvalue weighted by Crippen LogP contribution is 2.27. The van der Waals surface area contributed by atoms with E-state index in [-0.39, 0.29) is 17.7 Å². The number of carbonyl (C=O) groups excluding carboxylic acids is 2. The van der Waals surface area contributed by atoms with E-state index < -0.39 is 0 Å². The van der Waals surface area contributed by atoms with Gasteiger partial charge in [-0.05, 0) is 44.7 Å². The highest BCUT2D eigenvalue weighted by atomic mass is 16.2. The third kappa shape index (κ3) is 5.90. The van der Waals surface area contributed by atoms with Gasteiger partial charge in [0.2, 0.25) is 11.8 Å². The van der Waals surface area contributed by atoms with Gasteiger partial charge in [-0.2, -0.15) is 0 Å². The van der Waals surface area contributed by atoms with Crippen molar-refractivity contribution in [3.8, 4) is 0 Å². The predicted octanol–water partition coefficient (Wildman–Crippen LogP) is 1.93. The molecule has 1 aromatic rings. The van der Waals surface area contributed by atoms with Crippen LogP contribution in [0.5, 0.6) is 0 Å². The smallest absolute Gasteiger partial charge is 0.236 e. The monoisotopic (exact) mass is 416 g/mol. The highest BCUT2D eigenvalue weighted by Gasteiger charge is 2.27. The summed E-state index contributed by atoms with van der Waals surface area (Å²) in [6.45, 7) is 8.35. The minimum atomic E-state index is 0.0160. The fraction of sp³-hybridized carbons (Fsp3) is 0.727. The molecule has 0 unspecified atom stereocenters.